The molecule has 1 aromatic rings. The molecule has 0 saturated carbocycles. The van der Waals surface area contributed by atoms with E-state index in [0.29, 0.717) is 35.4 Å². The Morgan fingerprint density at radius 2 is 2.22 bits per heavy atom. The van der Waals surface area contributed by atoms with Gasteiger partial charge < -0.3 is 21.1 Å². The molecule has 2 rings (SSSR count). The molecule has 0 aliphatic carbocycles. The van der Waals surface area contributed by atoms with Crippen molar-refractivity contribution in [2.24, 2.45) is 5.73 Å². The summed E-state index contributed by atoms with van der Waals surface area (Å²) in [6.45, 7) is 6.28. The first kappa shape index (κ1) is 19.3. The Morgan fingerprint density at radius 1 is 1.52 bits per heavy atom. The van der Waals surface area contributed by atoms with Gasteiger partial charge in [0, 0.05) is 23.2 Å². The van der Waals surface area contributed by atoms with Crippen molar-refractivity contribution in [3.63, 3.8) is 0 Å². The SMILES string of the molecule is CC(C)(C)NC(=O)c1ccc2c(c1)NCC(/C(=C\F)CN)O2.Cl. The van der Waals surface area contributed by atoms with Crippen molar-refractivity contribution in [3.05, 3.63) is 35.7 Å². The van der Waals surface area contributed by atoms with E-state index in [1.807, 2.05) is 20.8 Å². The highest BCUT2D eigenvalue weighted by atomic mass is 35.5. The van der Waals surface area contributed by atoms with E-state index in [1.54, 1.807) is 18.2 Å². The van der Waals surface area contributed by atoms with Crippen LogP contribution in [0.2, 0.25) is 0 Å². The molecule has 1 aromatic carbocycles. The van der Waals surface area contributed by atoms with Gasteiger partial charge in [-0.3, -0.25) is 4.79 Å². The van der Waals surface area contributed by atoms with Crippen molar-refractivity contribution in [2.75, 3.05) is 18.4 Å². The van der Waals surface area contributed by atoms with Crippen LogP contribution in [-0.4, -0.2) is 30.6 Å². The predicted octanol–water partition coefficient (Wildman–Crippen LogP) is 2.62. The second-order valence-electron chi connectivity index (χ2n) is 6.29. The van der Waals surface area contributed by atoms with Crippen molar-refractivity contribution in [1.29, 1.82) is 0 Å². The Labute approximate surface area is 141 Å². The molecule has 0 aromatic heterocycles. The molecule has 1 amide bonds. The highest BCUT2D eigenvalue weighted by Crippen LogP contribution is 2.31. The third-order valence-electron chi connectivity index (χ3n) is 3.27. The van der Waals surface area contributed by atoms with Crippen LogP contribution in [0.15, 0.2) is 30.1 Å². The number of anilines is 1. The average molecular weight is 344 g/mol. The number of nitrogens with two attached hydrogens (primary N) is 1. The lowest BCUT2D eigenvalue weighted by atomic mass is 10.1. The standard InChI is InChI=1S/C16H22FN3O2.ClH/c1-16(2,3)20-15(21)10-4-5-13-12(6-10)19-9-14(22-13)11(7-17)8-18;/h4-7,14,19H,8-9,18H2,1-3H3,(H,20,21);1H/b11-7-;. The minimum Gasteiger partial charge on any atom is -0.482 e. The minimum atomic E-state index is -0.434. The van der Waals surface area contributed by atoms with Gasteiger partial charge in [0.1, 0.15) is 11.9 Å². The number of hydrogen-bond donors (Lipinski definition) is 3. The summed E-state index contributed by atoms with van der Waals surface area (Å²) in [4.78, 5) is 12.2. The van der Waals surface area contributed by atoms with Crippen molar-refractivity contribution >= 4 is 24.0 Å². The van der Waals surface area contributed by atoms with Crippen molar-refractivity contribution in [2.45, 2.75) is 32.4 Å². The molecule has 1 atom stereocenters. The lowest BCUT2D eigenvalue weighted by molar-refractivity contribution is 0.0919. The van der Waals surface area contributed by atoms with Gasteiger partial charge in [0.15, 0.2) is 0 Å². The van der Waals surface area contributed by atoms with Gasteiger partial charge in [0.2, 0.25) is 0 Å². The highest BCUT2D eigenvalue weighted by molar-refractivity contribution is 5.96. The number of carbonyl (C=O) groups is 1. The first-order valence-corrected chi connectivity index (χ1v) is 7.20. The van der Waals surface area contributed by atoms with Crippen LogP contribution in [0.1, 0.15) is 31.1 Å². The highest BCUT2D eigenvalue weighted by Gasteiger charge is 2.24. The van der Waals surface area contributed by atoms with Crippen LogP contribution in [-0.2, 0) is 0 Å². The van der Waals surface area contributed by atoms with Crippen LogP contribution >= 0.6 is 12.4 Å². The molecule has 1 aliphatic heterocycles. The fourth-order valence-electron chi connectivity index (χ4n) is 2.18. The molecule has 23 heavy (non-hydrogen) atoms. The van der Waals surface area contributed by atoms with Crippen molar-refractivity contribution < 1.29 is 13.9 Å². The Kier molecular flexibility index (Phi) is 6.41. The maximum atomic E-state index is 12.7. The molecular weight excluding hydrogens is 321 g/mol. The van der Waals surface area contributed by atoms with Gasteiger partial charge in [-0.05, 0) is 39.0 Å². The van der Waals surface area contributed by atoms with E-state index in [1.165, 1.54) is 0 Å². The summed E-state index contributed by atoms with van der Waals surface area (Å²) < 4.78 is 18.5. The third kappa shape index (κ3) is 4.84. The number of amides is 1. The van der Waals surface area contributed by atoms with Gasteiger partial charge in [-0.1, -0.05) is 0 Å². The zero-order valence-electron chi connectivity index (χ0n) is 13.5. The maximum Gasteiger partial charge on any atom is 0.251 e. The molecule has 5 nitrogen and oxygen atoms in total. The fraction of sp³-hybridized carbons (Fsp3) is 0.438. The normalized spacial score (nSPS) is 17.3. The molecule has 7 heteroatoms. The number of carbonyl (C=O) groups excluding carboxylic acids is 1. The second kappa shape index (κ2) is 7.66. The van der Waals surface area contributed by atoms with E-state index in [4.69, 9.17) is 10.5 Å². The average Bonchev–Trinajstić information content (AvgIpc) is 2.46. The van der Waals surface area contributed by atoms with Crippen LogP contribution < -0.4 is 21.1 Å². The topological polar surface area (TPSA) is 76.4 Å². The van der Waals surface area contributed by atoms with E-state index >= 15 is 0 Å². The van der Waals surface area contributed by atoms with Crippen LogP contribution in [0.3, 0.4) is 0 Å². The monoisotopic (exact) mass is 343 g/mol. The van der Waals surface area contributed by atoms with E-state index in [-0.39, 0.29) is 30.4 Å². The lowest BCUT2D eigenvalue weighted by Crippen LogP contribution is -2.40. The zero-order chi connectivity index (χ0) is 16.3. The summed E-state index contributed by atoms with van der Waals surface area (Å²) >= 11 is 0. The number of fused-ring (bicyclic) bond motifs is 1. The summed E-state index contributed by atoms with van der Waals surface area (Å²) in [6, 6.07) is 5.12. The Morgan fingerprint density at radius 3 is 2.78 bits per heavy atom. The molecule has 1 heterocycles. The van der Waals surface area contributed by atoms with E-state index in [9.17, 15) is 9.18 Å². The van der Waals surface area contributed by atoms with Gasteiger partial charge in [0.05, 0.1) is 18.6 Å². The van der Waals surface area contributed by atoms with Gasteiger partial charge in [-0.2, -0.15) is 0 Å². The number of halogens is 2. The summed E-state index contributed by atoms with van der Waals surface area (Å²) in [6.07, 6.45) is 0.0550. The molecule has 0 bridgehead atoms. The Bertz CT molecular complexity index is 599. The zero-order valence-corrected chi connectivity index (χ0v) is 14.3. The number of rotatable bonds is 3. The Balaban J connectivity index is 0.00000264. The van der Waals surface area contributed by atoms with Crippen LogP contribution in [0.4, 0.5) is 10.1 Å². The fourth-order valence-corrected chi connectivity index (χ4v) is 2.18. The number of hydrogen-bond acceptors (Lipinski definition) is 4. The number of ether oxygens (including phenoxy) is 1. The quantitative estimate of drug-likeness (QED) is 0.788. The molecule has 1 unspecified atom stereocenters. The second-order valence-corrected chi connectivity index (χ2v) is 6.29. The van der Waals surface area contributed by atoms with Gasteiger partial charge in [-0.15, -0.1) is 12.4 Å². The largest absolute Gasteiger partial charge is 0.482 e. The summed E-state index contributed by atoms with van der Waals surface area (Å²) in [5.74, 6) is 0.432. The summed E-state index contributed by atoms with van der Waals surface area (Å²) in [7, 11) is 0. The Hall–Kier alpha value is -1.79. The van der Waals surface area contributed by atoms with Gasteiger partial charge in [0.25, 0.3) is 5.91 Å². The summed E-state index contributed by atoms with van der Waals surface area (Å²) in [5, 5.41) is 6.06. The first-order chi connectivity index (χ1) is 10.3. The number of nitrogens with one attached hydrogen (secondary N) is 2. The maximum absolute atomic E-state index is 12.7. The predicted molar refractivity (Wildman–Crippen MR) is 92.1 cm³/mol. The van der Waals surface area contributed by atoms with Gasteiger partial charge >= 0.3 is 0 Å². The number of benzene rings is 1. The smallest absolute Gasteiger partial charge is 0.251 e. The van der Waals surface area contributed by atoms with Crippen molar-refractivity contribution in [1.82, 2.24) is 5.32 Å². The first-order valence-electron chi connectivity index (χ1n) is 7.20. The molecule has 1 aliphatic rings. The third-order valence-corrected chi connectivity index (χ3v) is 3.27. The molecule has 0 saturated heterocycles. The molecule has 0 fully saturated rings. The van der Waals surface area contributed by atoms with Crippen LogP contribution in [0.25, 0.3) is 0 Å². The molecule has 4 N–H and O–H groups in total. The van der Waals surface area contributed by atoms with Gasteiger partial charge in [-0.25, -0.2) is 4.39 Å². The van der Waals surface area contributed by atoms with E-state index in [0.717, 1.165) is 0 Å². The van der Waals surface area contributed by atoms with Crippen LogP contribution in [0, 0.1) is 0 Å². The molecular formula is C16H23ClFN3O2. The minimum absolute atomic E-state index is 0. The molecule has 128 valence electrons. The van der Waals surface area contributed by atoms with E-state index < -0.39 is 6.10 Å². The molecule has 0 spiro atoms. The summed E-state index contributed by atoms with van der Waals surface area (Å²) in [5.41, 5.74) is 6.84. The van der Waals surface area contributed by atoms with E-state index in [2.05, 4.69) is 10.6 Å². The van der Waals surface area contributed by atoms with Crippen LogP contribution in [0.5, 0.6) is 5.75 Å². The lowest BCUT2D eigenvalue weighted by Gasteiger charge is -2.29. The van der Waals surface area contributed by atoms with Crippen molar-refractivity contribution in [3.8, 4) is 5.75 Å². The molecule has 0 radical (unpaired) electrons.